The Morgan fingerprint density at radius 1 is 1.25 bits per heavy atom. The molecule has 4 rings (SSSR count). The third kappa shape index (κ3) is 3.97. The van der Waals surface area contributed by atoms with Crippen molar-refractivity contribution in [3.8, 4) is 11.8 Å². The van der Waals surface area contributed by atoms with E-state index in [0.717, 1.165) is 11.1 Å². The predicted octanol–water partition coefficient (Wildman–Crippen LogP) is 4.72. The van der Waals surface area contributed by atoms with Crippen LogP contribution in [0.2, 0.25) is 0 Å². The Morgan fingerprint density at radius 2 is 2.00 bits per heavy atom. The number of nitriles is 1. The van der Waals surface area contributed by atoms with Crippen LogP contribution >= 0.6 is 0 Å². The minimum absolute atomic E-state index is 0.0964. The van der Waals surface area contributed by atoms with Crippen LogP contribution in [0.3, 0.4) is 0 Å². The van der Waals surface area contributed by atoms with Gasteiger partial charge in [0.05, 0.1) is 11.0 Å². The van der Waals surface area contributed by atoms with Crippen LogP contribution in [0.5, 0.6) is 5.75 Å². The number of ketones is 1. The van der Waals surface area contributed by atoms with Crippen molar-refractivity contribution in [3.63, 3.8) is 0 Å². The smallest absolute Gasteiger partial charge is 0.311 e. The maximum absolute atomic E-state index is 12.7. The van der Waals surface area contributed by atoms with Gasteiger partial charge in [0, 0.05) is 30.4 Å². The van der Waals surface area contributed by atoms with E-state index in [1.54, 1.807) is 6.07 Å². The molecule has 1 N–H and O–H groups in total. The molecule has 1 heterocycles. The van der Waals surface area contributed by atoms with Gasteiger partial charge in [-0.2, -0.15) is 5.26 Å². The molecule has 2 aliphatic rings. The Bertz CT molecular complexity index is 1180. The average molecular weight is 431 g/mol. The first-order valence-electron chi connectivity index (χ1n) is 10.3. The highest BCUT2D eigenvalue weighted by Gasteiger charge is 2.43. The molecule has 0 radical (unpaired) electrons. The normalized spacial score (nSPS) is 20.2. The van der Waals surface area contributed by atoms with Crippen LogP contribution in [-0.2, 0) is 16.1 Å². The minimum atomic E-state index is -1.03. The van der Waals surface area contributed by atoms with Crippen molar-refractivity contribution in [1.82, 2.24) is 0 Å². The molecule has 0 bridgehead atoms. The fraction of sp³-hybridized carbons (Fsp3) is 0.292. The van der Waals surface area contributed by atoms with Gasteiger partial charge in [0.15, 0.2) is 11.5 Å². The maximum Gasteiger partial charge on any atom is 0.311 e. The molecule has 162 valence electrons. The number of nitrogens with zero attached hydrogens (tertiary/aromatic N) is 2. The molecule has 0 saturated heterocycles. The number of hydrogen-bond acceptors (Lipinski definition) is 7. The lowest BCUT2D eigenvalue weighted by atomic mass is 9.74. The molecule has 2 aromatic rings. The van der Waals surface area contributed by atoms with Gasteiger partial charge in [-0.1, -0.05) is 35.9 Å². The lowest BCUT2D eigenvalue weighted by Crippen LogP contribution is -2.34. The SMILES string of the molecule is Cc1ccc(COc2ccc(C3C4=C(CCCC4=O)OC(=N)C3C#N)cc2[N+](=O)[O-])cc1. The summed E-state index contributed by atoms with van der Waals surface area (Å²) in [6, 6.07) is 14.1. The second kappa shape index (κ2) is 8.63. The molecule has 2 aromatic carbocycles. The Morgan fingerprint density at radius 3 is 2.69 bits per heavy atom. The number of nitro groups is 1. The van der Waals surface area contributed by atoms with Crippen molar-refractivity contribution in [2.24, 2.45) is 5.92 Å². The summed E-state index contributed by atoms with van der Waals surface area (Å²) in [5, 5.41) is 29.6. The molecular weight excluding hydrogens is 410 g/mol. The Kier molecular flexibility index (Phi) is 5.73. The Labute approximate surface area is 184 Å². The van der Waals surface area contributed by atoms with Gasteiger partial charge in [0.1, 0.15) is 18.3 Å². The summed E-state index contributed by atoms with van der Waals surface area (Å²) in [4.78, 5) is 23.9. The van der Waals surface area contributed by atoms with E-state index in [1.165, 1.54) is 12.1 Å². The first-order chi connectivity index (χ1) is 15.4. The van der Waals surface area contributed by atoms with E-state index in [9.17, 15) is 20.2 Å². The fourth-order valence-electron chi connectivity index (χ4n) is 4.13. The summed E-state index contributed by atoms with van der Waals surface area (Å²) in [7, 11) is 0. The summed E-state index contributed by atoms with van der Waals surface area (Å²) in [5.74, 6) is -1.72. The fourth-order valence-corrected chi connectivity index (χ4v) is 4.13. The van der Waals surface area contributed by atoms with Crippen LogP contribution in [0, 0.1) is 39.7 Å². The lowest BCUT2D eigenvalue weighted by Gasteiger charge is -2.34. The van der Waals surface area contributed by atoms with Gasteiger partial charge < -0.3 is 9.47 Å². The van der Waals surface area contributed by atoms with Gasteiger partial charge in [0.2, 0.25) is 5.90 Å². The van der Waals surface area contributed by atoms with E-state index < -0.39 is 16.8 Å². The van der Waals surface area contributed by atoms with Crippen molar-refractivity contribution in [2.75, 3.05) is 0 Å². The standard InChI is InChI=1S/C24H21N3O5/c1-14-5-7-15(8-6-14)13-31-20-10-9-16(11-18(20)27(29)30)22-17(12-25)24(26)32-21-4-2-3-19(28)23(21)22/h5-11,17,22,26H,2-4,13H2,1H3. The number of carbonyl (C=O) groups is 1. The van der Waals surface area contributed by atoms with Gasteiger partial charge in [-0.15, -0.1) is 0 Å². The number of benzene rings is 2. The van der Waals surface area contributed by atoms with E-state index in [4.69, 9.17) is 14.9 Å². The highest BCUT2D eigenvalue weighted by Crippen LogP contribution is 2.45. The molecule has 8 heteroatoms. The van der Waals surface area contributed by atoms with Crippen LogP contribution < -0.4 is 4.74 Å². The van der Waals surface area contributed by atoms with E-state index in [2.05, 4.69) is 0 Å². The first kappa shape index (κ1) is 21.2. The van der Waals surface area contributed by atoms with Crippen LogP contribution in [0.25, 0.3) is 0 Å². The van der Waals surface area contributed by atoms with Crippen LogP contribution in [-0.4, -0.2) is 16.6 Å². The quantitative estimate of drug-likeness (QED) is 0.539. The molecule has 2 atom stereocenters. The highest BCUT2D eigenvalue weighted by atomic mass is 16.6. The third-order valence-corrected chi connectivity index (χ3v) is 5.76. The summed E-state index contributed by atoms with van der Waals surface area (Å²) >= 11 is 0. The highest BCUT2D eigenvalue weighted by molar-refractivity contribution is 6.01. The second-order valence-corrected chi connectivity index (χ2v) is 7.92. The number of nitrogens with one attached hydrogen (secondary N) is 1. The van der Waals surface area contributed by atoms with E-state index in [1.807, 2.05) is 37.3 Å². The number of nitro benzene ring substituents is 1. The van der Waals surface area contributed by atoms with E-state index in [0.29, 0.717) is 36.2 Å². The monoisotopic (exact) mass is 431 g/mol. The zero-order chi connectivity index (χ0) is 22.8. The van der Waals surface area contributed by atoms with Crippen molar-refractivity contribution in [1.29, 1.82) is 10.7 Å². The number of ether oxygens (including phenoxy) is 2. The van der Waals surface area contributed by atoms with E-state index >= 15 is 0 Å². The number of rotatable bonds is 5. The Hall–Kier alpha value is -3.99. The van der Waals surface area contributed by atoms with Crippen molar-refractivity contribution >= 4 is 17.4 Å². The van der Waals surface area contributed by atoms with Crippen molar-refractivity contribution < 1.29 is 19.2 Å². The third-order valence-electron chi connectivity index (χ3n) is 5.76. The number of Topliss-reactive ketones (excluding diaryl/α,β-unsaturated/α-hetero) is 1. The summed E-state index contributed by atoms with van der Waals surface area (Å²) in [5.41, 5.74) is 2.49. The molecule has 32 heavy (non-hydrogen) atoms. The molecule has 0 amide bonds. The topological polar surface area (TPSA) is 126 Å². The molecule has 2 unspecified atom stereocenters. The second-order valence-electron chi connectivity index (χ2n) is 7.92. The minimum Gasteiger partial charge on any atom is -0.482 e. The van der Waals surface area contributed by atoms with Gasteiger partial charge >= 0.3 is 5.69 Å². The summed E-state index contributed by atoms with van der Waals surface area (Å²) < 4.78 is 11.2. The van der Waals surface area contributed by atoms with E-state index in [-0.39, 0.29) is 29.7 Å². The molecule has 0 saturated carbocycles. The van der Waals surface area contributed by atoms with Crippen LogP contribution in [0.15, 0.2) is 53.8 Å². The number of aryl methyl sites for hydroxylation is 1. The van der Waals surface area contributed by atoms with Crippen LogP contribution in [0.4, 0.5) is 5.69 Å². The Balaban J connectivity index is 1.71. The largest absolute Gasteiger partial charge is 0.482 e. The summed E-state index contributed by atoms with van der Waals surface area (Å²) in [6.45, 7) is 2.13. The molecule has 1 aliphatic heterocycles. The number of carbonyl (C=O) groups excluding carboxylic acids is 1. The lowest BCUT2D eigenvalue weighted by molar-refractivity contribution is -0.386. The number of allylic oxidation sites excluding steroid dienone is 2. The van der Waals surface area contributed by atoms with Gasteiger partial charge in [-0.05, 0) is 30.5 Å². The van der Waals surface area contributed by atoms with Crippen LogP contribution in [0.1, 0.15) is 41.9 Å². The molecule has 0 fully saturated rings. The molecule has 8 nitrogen and oxygen atoms in total. The zero-order valence-corrected chi connectivity index (χ0v) is 17.5. The van der Waals surface area contributed by atoms with Gasteiger partial charge in [-0.25, -0.2) is 0 Å². The van der Waals surface area contributed by atoms with Gasteiger partial charge in [0.25, 0.3) is 0 Å². The first-order valence-corrected chi connectivity index (χ1v) is 10.3. The zero-order valence-electron chi connectivity index (χ0n) is 17.5. The van der Waals surface area contributed by atoms with Crippen molar-refractivity contribution in [3.05, 3.63) is 80.6 Å². The predicted molar refractivity (Wildman–Crippen MR) is 115 cm³/mol. The molecule has 0 aromatic heterocycles. The molecular formula is C24H21N3O5. The van der Waals surface area contributed by atoms with Gasteiger partial charge in [-0.3, -0.25) is 20.3 Å². The number of hydrogen-bond donors (Lipinski definition) is 1. The molecule has 1 aliphatic carbocycles. The molecule has 0 spiro atoms. The van der Waals surface area contributed by atoms with Crippen molar-refractivity contribution in [2.45, 2.75) is 38.7 Å². The summed E-state index contributed by atoms with van der Waals surface area (Å²) in [6.07, 6.45) is 1.43. The maximum atomic E-state index is 12.7. The average Bonchev–Trinajstić information content (AvgIpc) is 2.78.